The molecular weight excluding hydrogens is 1150 g/mol. The van der Waals surface area contributed by atoms with E-state index in [2.05, 4.69) is 53.0 Å². The number of hydrogen-bond acceptors (Lipinski definition) is 19. The number of nitrogens with one attached hydrogen (secondary N) is 2. The van der Waals surface area contributed by atoms with Gasteiger partial charge in [0.25, 0.3) is 6.47 Å². The Kier molecular flexibility index (Phi) is 29.9. The smallest absolute Gasteiger partial charge is 1.00 e. The molecule has 1 aliphatic carbocycles. The molecule has 0 spiro atoms. The van der Waals surface area contributed by atoms with Crippen molar-refractivity contribution in [2.75, 3.05) is 33.6 Å². The summed E-state index contributed by atoms with van der Waals surface area (Å²) in [4.78, 5) is 77.5. The predicted molar refractivity (Wildman–Crippen MR) is 325 cm³/mol. The number of Topliss-reactive ketones (excluding diaryl/α,β-unsaturated/α-hetero) is 1. The van der Waals surface area contributed by atoms with Crippen molar-refractivity contribution in [3.63, 3.8) is 0 Å². The van der Waals surface area contributed by atoms with Gasteiger partial charge in [0.15, 0.2) is 17.0 Å². The van der Waals surface area contributed by atoms with Gasteiger partial charge in [-0.1, -0.05) is 78.9 Å². The van der Waals surface area contributed by atoms with Crippen LogP contribution in [-0.4, -0.2) is 70.5 Å². The number of nitrogens with two attached hydrogens (primary N) is 5. The van der Waals surface area contributed by atoms with Crippen molar-refractivity contribution in [3.05, 3.63) is 194 Å². The van der Waals surface area contributed by atoms with Crippen LogP contribution in [0.2, 0.25) is 0 Å². The first-order chi connectivity index (χ1) is 39.9. The Bertz CT molecular complexity index is 4200. The van der Waals surface area contributed by atoms with Crippen LogP contribution in [-0.2, 0) is 35.4 Å². The second-order valence-electron chi connectivity index (χ2n) is 17.4. The van der Waals surface area contributed by atoms with Crippen LogP contribution in [0.3, 0.4) is 0 Å². The van der Waals surface area contributed by atoms with Gasteiger partial charge in [0.2, 0.25) is 34.4 Å². The maximum absolute atomic E-state index is 11.3. The largest absolute Gasteiger partial charge is 1.00 e. The van der Waals surface area contributed by atoms with Gasteiger partial charge in [-0.25, -0.2) is 24.9 Å². The molecule has 8 aromatic carbocycles. The second kappa shape index (κ2) is 35.8. The molecular formula is C61H60K2N13O10+. The molecule has 0 saturated heterocycles. The standard InChI is InChI=1S/C16H15N3O.C14H11N3O.C12H9N3.C6H8N2.C6H7NO2.C6H5NO2.CH2O3.2K.H2O.H/c1-3-19-14-9-5-4-7-12(14)18-16-13(17-11(2)20)8-6-10-15(16)19;1-9(18)15-12-7-4-8-13-14(12)17-11-6-3-2-5-10(11)16-13;13-8-4-3-7-11-12(8)15-10-6-2-1-5-9(10)14-11;7-5-3-1-2-4-6(5)8;2*7-4-2-1-3-5(8)6(4)9;2-1-4-3;;;;/h4-10H,3H2,1-2H3;2-8H,1H3,(H,15,18);1-7H,13H2;1-4H,7-8H2;1-3,8-9H,7H2;1-3H,7H2;1,3H;;;1H2;/q;;;;;;;2*+1;;-1. The quantitative estimate of drug-likeness (QED) is 0.0111. The summed E-state index contributed by atoms with van der Waals surface area (Å²) in [6.07, 6.45) is 4.06. The van der Waals surface area contributed by atoms with Crippen LogP contribution in [0.25, 0.3) is 66.2 Å². The third-order valence-electron chi connectivity index (χ3n) is 11.5. The number of para-hydroxylation sites is 12. The molecule has 0 bridgehead atoms. The maximum atomic E-state index is 11.3. The average molecular weight is 1210 g/mol. The van der Waals surface area contributed by atoms with Crippen molar-refractivity contribution in [2.24, 2.45) is 5.73 Å². The third kappa shape index (κ3) is 20.1. The summed E-state index contributed by atoms with van der Waals surface area (Å²) >= 11 is 0. The number of fused-ring (bicyclic) bond motifs is 6. The third-order valence-corrected chi connectivity index (χ3v) is 11.5. The number of phenols is 2. The average Bonchev–Trinajstić information content (AvgIpc) is 1.03. The van der Waals surface area contributed by atoms with Crippen molar-refractivity contribution < 1.29 is 159 Å². The first-order valence-electron chi connectivity index (χ1n) is 25.1. The number of carbonyl (C=O) groups excluding carboxylic acids is 5. The van der Waals surface area contributed by atoms with Crippen LogP contribution in [0.1, 0.15) is 22.2 Å². The molecule has 0 atom stereocenters. The van der Waals surface area contributed by atoms with E-state index in [0.29, 0.717) is 28.3 Å². The molecule has 1 aliphatic rings. The number of hydrogen-bond donors (Lipinski definition) is 9. The number of ketones is 2. The first-order valence-corrected chi connectivity index (χ1v) is 25.1. The Morgan fingerprint density at radius 3 is 1.42 bits per heavy atom. The fourth-order valence-electron chi connectivity index (χ4n) is 7.72. The van der Waals surface area contributed by atoms with E-state index in [9.17, 15) is 19.2 Å². The number of rotatable bonds is 4. The number of phenolic OH excluding ortho intramolecular Hbond substituents is 2. The SMILES string of the molecule is CC(=O)Nc1cccc2nc3ccccc3nc12.CC[n+]1c2ccccc2nc2c(NC(C)=O)cccc21.NC1=CC=CC(=O)C1=O.Nc1cccc(O)c1O.Nc1cccc2nc3ccccc3nc12.Nc1ccccc1N.O.O=CO[O-].[H-].[K+].[K+]. The van der Waals surface area contributed by atoms with Gasteiger partial charge in [-0.2, -0.15) is 4.57 Å². The molecule has 0 radical (unpaired) electrons. The van der Waals surface area contributed by atoms with Gasteiger partial charge in [0.1, 0.15) is 23.1 Å². The van der Waals surface area contributed by atoms with E-state index in [1.165, 1.54) is 44.2 Å². The molecule has 16 N–H and O–H groups in total. The number of benzene rings is 8. The molecule has 25 heteroatoms. The van der Waals surface area contributed by atoms with Crippen molar-refractivity contribution in [1.29, 1.82) is 0 Å². The maximum Gasteiger partial charge on any atom is 1.00 e. The second-order valence-corrected chi connectivity index (χ2v) is 17.4. The predicted octanol–water partition coefficient (Wildman–Crippen LogP) is 0.559. The van der Waals surface area contributed by atoms with Crippen molar-refractivity contribution in [2.45, 2.75) is 27.3 Å². The van der Waals surface area contributed by atoms with Gasteiger partial charge in [-0.05, 0) is 104 Å². The molecule has 23 nitrogen and oxygen atoms in total. The molecule has 11 aromatic rings. The van der Waals surface area contributed by atoms with Gasteiger partial charge >= 0.3 is 103 Å². The number of aryl methyl sites for hydroxylation is 1. The van der Waals surface area contributed by atoms with Crippen LogP contribution in [0.5, 0.6) is 11.5 Å². The topological polar surface area (TPSA) is 412 Å². The van der Waals surface area contributed by atoms with Crippen molar-refractivity contribution in [1.82, 2.24) is 24.9 Å². The van der Waals surface area contributed by atoms with E-state index in [-0.39, 0.29) is 151 Å². The first kappa shape index (κ1) is 71.8. The number of nitrogen functional groups attached to an aromatic ring is 4. The molecule has 12 rings (SSSR count). The Labute approximate surface area is 579 Å². The number of carbonyl (C=O) groups is 5. The fraction of sp³-hybridized carbons (Fsp3) is 0.0656. The van der Waals surface area contributed by atoms with E-state index in [1.807, 2.05) is 133 Å². The molecule has 0 aliphatic heterocycles. The van der Waals surface area contributed by atoms with Gasteiger partial charge < -0.3 is 66.6 Å². The molecule has 0 fully saturated rings. The minimum atomic E-state index is -0.613. The fourth-order valence-corrected chi connectivity index (χ4v) is 7.72. The Hall–Kier alpha value is -8.42. The molecule has 3 aromatic heterocycles. The minimum absolute atomic E-state index is 0. The summed E-state index contributed by atoms with van der Waals surface area (Å²) in [6, 6.07) is 52.3. The Balaban J connectivity index is 0.000000359. The van der Waals surface area contributed by atoms with Gasteiger partial charge in [-0.3, -0.25) is 24.0 Å². The van der Waals surface area contributed by atoms with Crippen molar-refractivity contribution in [3.8, 4) is 11.5 Å². The van der Waals surface area contributed by atoms with Crippen LogP contribution in [0, 0.1) is 0 Å². The van der Waals surface area contributed by atoms with E-state index >= 15 is 0 Å². The number of nitrogens with zero attached hydrogens (tertiary/aromatic N) is 6. The zero-order valence-corrected chi connectivity index (χ0v) is 53.8. The normalized spacial score (nSPS) is 10.6. The van der Waals surface area contributed by atoms with E-state index < -0.39 is 11.6 Å². The minimum Gasteiger partial charge on any atom is -1.00 e. The van der Waals surface area contributed by atoms with E-state index in [0.717, 1.165) is 72.9 Å². The van der Waals surface area contributed by atoms with E-state index in [4.69, 9.17) is 53.9 Å². The van der Waals surface area contributed by atoms with Crippen LogP contribution in [0.15, 0.2) is 194 Å². The zero-order chi connectivity index (χ0) is 60.0. The Morgan fingerprint density at radius 1 is 0.547 bits per heavy atom. The number of allylic oxidation sites excluding steroid dienone is 4. The van der Waals surface area contributed by atoms with Crippen molar-refractivity contribution >= 4 is 130 Å². The van der Waals surface area contributed by atoms with Gasteiger partial charge in [-0.15, -0.1) is 0 Å². The molecule has 0 saturated carbocycles. The number of anilines is 6. The zero-order valence-electron chi connectivity index (χ0n) is 48.5. The monoisotopic (exact) mass is 1210 g/mol. The molecule has 86 heavy (non-hydrogen) atoms. The molecule has 430 valence electrons. The number of aromatic hydroxyl groups is 2. The Morgan fingerprint density at radius 2 is 0.942 bits per heavy atom. The van der Waals surface area contributed by atoms with Crippen LogP contribution in [0.4, 0.5) is 34.1 Å². The molecule has 2 amide bonds. The summed E-state index contributed by atoms with van der Waals surface area (Å²) < 4.78 is 2.21. The van der Waals surface area contributed by atoms with Crippen LogP contribution < -0.4 is 152 Å². The van der Waals surface area contributed by atoms with Crippen LogP contribution >= 0.6 is 0 Å². The number of aromatic nitrogens is 6. The van der Waals surface area contributed by atoms with E-state index in [1.54, 1.807) is 18.2 Å². The summed E-state index contributed by atoms with van der Waals surface area (Å²) in [7, 11) is 0. The summed E-state index contributed by atoms with van der Waals surface area (Å²) in [5.74, 6) is -1.80. The molecule has 0 unspecified atom stereocenters. The molecule has 3 heterocycles. The van der Waals surface area contributed by atoms with Gasteiger partial charge in [0.05, 0.1) is 72.9 Å². The number of amides is 2. The summed E-state index contributed by atoms with van der Waals surface area (Å²) in [5.41, 5.74) is 41.0. The summed E-state index contributed by atoms with van der Waals surface area (Å²) in [6.45, 7) is 5.76. The van der Waals surface area contributed by atoms with Gasteiger partial charge in [0, 0.05) is 26.0 Å². The summed E-state index contributed by atoms with van der Waals surface area (Å²) in [5, 5.41) is 31.7.